The summed E-state index contributed by atoms with van der Waals surface area (Å²) in [4.78, 5) is 46.0. The van der Waals surface area contributed by atoms with Gasteiger partial charge in [0.1, 0.15) is 18.4 Å². The maximum atomic E-state index is 13.4. The van der Waals surface area contributed by atoms with Crippen molar-refractivity contribution in [2.45, 2.75) is 69.7 Å². The zero-order valence-electron chi connectivity index (χ0n) is 26.3. The van der Waals surface area contributed by atoms with E-state index < -0.39 is 11.9 Å². The molecule has 3 unspecified atom stereocenters. The molecule has 0 radical (unpaired) electrons. The van der Waals surface area contributed by atoms with Gasteiger partial charge in [0.25, 0.3) is 5.91 Å². The van der Waals surface area contributed by atoms with Crippen LogP contribution in [0.3, 0.4) is 0 Å². The topological polar surface area (TPSA) is 94.7 Å². The second-order valence-corrected chi connectivity index (χ2v) is 13.4. The Morgan fingerprint density at radius 1 is 1.07 bits per heavy atom. The number of hydrogen-bond acceptors (Lipinski definition) is 8. The van der Waals surface area contributed by atoms with Gasteiger partial charge >= 0.3 is 0 Å². The fourth-order valence-electron chi connectivity index (χ4n) is 8.22. The molecule has 3 saturated heterocycles. The predicted octanol–water partition coefficient (Wildman–Crippen LogP) is 3.43. The smallest absolute Gasteiger partial charge is 0.255 e. The lowest BCUT2D eigenvalue weighted by molar-refractivity contribution is -0.129. The van der Waals surface area contributed by atoms with Crippen molar-refractivity contribution in [3.8, 4) is 5.75 Å². The van der Waals surface area contributed by atoms with Gasteiger partial charge in [-0.15, -0.1) is 0 Å². The fourth-order valence-corrected chi connectivity index (χ4v) is 8.22. The van der Waals surface area contributed by atoms with E-state index in [1.807, 2.05) is 19.1 Å². The number of fused-ring (bicyclic) bond motifs is 5. The molecular weight excluding hydrogens is 570 g/mol. The standard InChI is InChI=1S/C35H45N5O5/c1-2-6-31(33(42)36-24-41)40-21-29-28(34(40)43)9-10-30-32(29)44-23-27-20-37(17-18-39(27)30)19-25-11-12-35(45-22-25)13-15-38(16-14-35)26-7-4-3-5-8-26/h3-5,7-10,24-25,27,31H,2,6,11-23H2,1H3,(H,36,41,42). The third-order valence-electron chi connectivity index (χ3n) is 10.7. The number of anilines is 2. The van der Waals surface area contributed by atoms with E-state index in [9.17, 15) is 14.4 Å². The number of piperidine rings is 1. The van der Waals surface area contributed by atoms with E-state index in [2.05, 4.69) is 50.3 Å². The van der Waals surface area contributed by atoms with Crippen LogP contribution in [-0.4, -0.2) is 98.2 Å². The van der Waals surface area contributed by atoms with Crippen LogP contribution in [0.4, 0.5) is 11.4 Å². The minimum atomic E-state index is -0.684. The monoisotopic (exact) mass is 615 g/mol. The maximum Gasteiger partial charge on any atom is 0.255 e. The number of ether oxygens (including phenoxy) is 2. The summed E-state index contributed by atoms with van der Waals surface area (Å²) < 4.78 is 13.1. The molecule has 2 aromatic rings. The molecule has 5 aliphatic heterocycles. The molecule has 1 spiro atoms. The second-order valence-electron chi connectivity index (χ2n) is 13.4. The number of carbonyl (C=O) groups excluding carboxylic acids is 3. The van der Waals surface area contributed by atoms with Crippen molar-refractivity contribution in [2.24, 2.45) is 5.92 Å². The van der Waals surface area contributed by atoms with E-state index in [0.717, 1.165) is 88.6 Å². The number of hydrogen-bond donors (Lipinski definition) is 1. The van der Waals surface area contributed by atoms with Crippen LogP contribution in [0.15, 0.2) is 42.5 Å². The minimum Gasteiger partial charge on any atom is -0.489 e. The summed E-state index contributed by atoms with van der Waals surface area (Å²) in [6.07, 6.45) is 6.17. The van der Waals surface area contributed by atoms with Crippen molar-refractivity contribution in [1.82, 2.24) is 15.1 Å². The molecule has 3 fully saturated rings. The van der Waals surface area contributed by atoms with Gasteiger partial charge in [0, 0.05) is 56.1 Å². The molecule has 3 atom stereocenters. The van der Waals surface area contributed by atoms with Crippen LogP contribution in [-0.2, 0) is 20.9 Å². The van der Waals surface area contributed by atoms with Gasteiger partial charge in [-0.05, 0) is 62.3 Å². The summed E-state index contributed by atoms with van der Waals surface area (Å²) in [5.41, 5.74) is 3.84. The summed E-state index contributed by atoms with van der Waals surface area (Å²) in [6, 6.07) is 14.2. The Morgan fingerprint density at radius 3 is 2.62 bits per heavy atom. The van der Waals surface area contributed by atoms with Gasteiger partial charge < -0.3 is 24.2 Å². The average Bonchev–Trinajstić information content (AvgIpc) is 3.41. The average molecular weight is 616 g/mol. The lowest BCUT2D eigenvalue weighted by Crippen LogP contribution is -2.58. The second kappa shape index (κ2) is 12.6. The molecule has 3 amide bonds. The van der Waals surface area contributed by atoms with Crippen molar-refractivity contribution < 1.29 is 23.9 Å². The molecule has 0 bridgehead atoms. The zero-order valence-corrected chi connectivity index (χ0v) is 26.3. The fraction of sp³-hybridized carbons (Fsp3) is 0.571. The highest BCUT2D eigenvalue weighted by Crippen LogP contribution is 2.44. The molecule has 1 N–H and O–H groups in total. The van der Waals surface area contributed by atoms with Gasteiger partial charge in [0.2, 0.25) is 12.3 Å². The lowest BCUT2D eigenvalue weighted by atomic mass is 9.81. The number of para-hydroxylation sites is 1. The van der Waals surface area contributed by atoms with Crippen LogP contribution in [0.5, 0.6) is 5.75 Å². The van der Waals surface area contributed by atoms with Crippen LogP contribution in [0, 0.1) is 5.92 Å². The van der Waals surface area contributed by atoms with Gasteiger partial charge in [-0.3, -0.25) is 24.6 Å². The van der Waals surface area contributed by atoms with Gasteiger partial charge in [-0.25, -0.2) is 0 Å². The Labute approximate surface area is 265 Å². The lowest BCUT2D eigenvalue weighted by Gasteiger charge is -2.49. The van der Waals surface area contributed by atoms with Crippen LogP contribution in [0.2, 0.25) is 0 Å². The number of rotatable bonds is 8. The number of benzene rings is 2. The molecule has 0 saturated carbocycles. The van der Waals surface area contributed by atoms with E-state index in [0.29, 0.717) is 37.5 Å². The molecule has 10 heteroatoms. The Hall–Kier alpha value is -3.63. The van der Waals surface area contributed by atoms with Crippen LogP contribution >= 0.6 is 0 Å². The van der Waals surface area contributed by atoms with Crippen molar-refractivity contribution in [3.63, 3.8) is 0 Å². The zero-order chi connectivity index (χ0) is 31.0. The summed E-state index contributed by atoms with van der Waals surface area (Å²) in [6.45, 7) is 9.70. The Kier molecular flexibility index (Phi) is 8.44. The van der Waals surface area contributed by atoms with Gasteiger partial charge in [-0.1, -0.05) is 31.5 Å². The van der Waals surface area contributed by atoms with E-state index in [4.69, 9.17) is 9.47 Å². The Bertz CT molecular complexity index is 1400. The SMILES string of the molecule is CCCC(C(=O)NC=O)N1Cc2c(ccc3c2OCC2CN(CC4CCC5(CCN(c6ccccc6)CC5)OC4)CCN32)C1=O. The van der Waals surface area contributed by atoms with Crippen molar-refractivity contribution in [2.75, 3.05) is 62.3 Å². The number of nitrogens with one attached hydrogen (secondary N) is 1. The largest absolute Gasteiger partial charge is 0.489 e. The summed E-state index contributed by atoms with van der Waals surface area (Å²) in [5.74, 6) is 0.703. The van der Waals surface area contributed by atoms with Crippen LogP contribution in [0.25, 0.3) is 0 Å². The highest BCUT2D eigenvalue weighted by Gasteiger charge is 2.43. The number of piperazine rings is 1. The first-order valence-corrected chi connectivity index (χ1v) is 16.7. The summed E-state index contributed by atoms with van der Waals surface area (Å²) >= 11 is 0. The molecule has 45 heavy (non-hydrogen) atoms. The first-order valence-electron chi connectivity index (χ1n) is 16.7. The quantitative estimate of drug-likeness (QED) is 0.452. The molecule has 7 rings (SSSR count). The van der Waals surface area contributed by atoms with E-state index >= 15 is 0 Å². The Balaban J connectivity index is 0.939. The predicted molar refractivity (Wildman–Crippen MR) is 172 cm³/mol. The van der Waals surface area contributed by atoms with Crippen LogP contribution < -0.4 is 19.9 Å². The van der Waals surface area contributed by atoms with Crippen molar-refractivity contribution in [3.05, 3.63) is 53.6 Å². The number of amides is 3. The summed E-state index contributed by atoms with van der Waals surface area (Å²) in [5, 5.41) is 2.24. The van der Waals surface area contributed by atoms with Crippen molar-refractivity contribution in [1.29, 1.82) is 0 Å². The highest BCUT2D eigenvalue weighted by atomic mass is 16.5. The number of nitrogens with zero attached hydrogens (tertiary/aromatic N) is 4. The third-order valence-corrected chi connectivity index (χ3v) is 10.7. The first-order chi connectivity index (χ1) is 22.0. The molecular formula is C35H45N5O5. The van der Waals surface area contributed by atoms with Gasteiger partial charge in [-0.2, -0.15) is 0 Å². The molecule has 2 aromatic carbocycles. The minimum absolute atomic E-state index is 0.0491. The molecule has 0 aromatic heterocycles. The highest BCUT2D eigenvalue weighted by molar-refractivity contribution is 6.03. The van der Waals surface area contributed by atoms with Crippen molar-refractivity contribution >= 4 is 29.6 Å². The third kappa shape index (κ3) is 5.78. The molecule has 5 aliphatic rings. The maximum absolute atomic E-state index is 13.4. The molecule has 240 valence electrons. The normalized spacial score (nSPS) is 24.8. The molecule has 10 nitrogen and oxygen atoms in total. The van der Waals surface area contributed by atoms with Gasteiger partial charge in [0.05, 0.1) is 30.5 Å². The van der Waals surface area contributed by atoms with Crippen LogP contribution in [0.1, 0.15) is 61.4 Å². The Morgan fingerprint density at radius 2 is 1.89 bits per heavy atom. The van der Waals surface area contributed by atoms with E-state index in [1.165, 1.54) is 12.1 Å². The molecule has 5 heterocycles. The van der Waals surface area contributed by atoms with E-state index in [1.54, 1.807) is 4.90 Å². The van der Waals surface area contributed by atoms with E-state index in [-0.39, 0.29) is 17.6 Å². The number of carbonyl (C=O) groups is 3. The summed E-state index contributed by atoms with van der Waals surface area (Å²) in [7, 11) is 0. The number of imide groups is 1. The first kappa shape index (κ1) is 30.0. The van der Waals surface area contributed by atoms with Gasteiger partial charge in [0.15, 0.2) is 0 Å². The molecule has 0 aliphatic carbocycles.